The molecule has 0 saturated carbocycles. The Morgan fingerprint density at radius 2 is 2.25 bits per heavy atom. The van der Waals surface area contributed by atoms with Gasteiger partial charge >= 0.3 is 0 Å². The van der Waals surface area contributed by atoms with Gasteiger partial charge in [-0.15, -0.1) is 5.11 Å². The summed E-state index contributed by atoms with van der Waals surface area (Å²) in [6, 6.07) is 0. The molecule has 0 atom stereocenters. The van der Waals surface area contributed by atoms with Crippen LogP contribution in [0.25, 0.3) is 0 Å². The summed E-state index contributed by atoms with van der Waals surface area (Å²) in [6.45, 7) is 3.91. The van der Waals surface area contributed by atoms with E-state index < -0.39 is 0 Å². The molecule has 0 radical (unpaired) electrons. The number of rotatable bonds is 0. The number of nitrogens with two attached hydrogens (primary N) is 1. The fourth-order valence-corrected chi connectivity index (χ4v) is 0.606. The maximum absolute atomic E-state index is 5.31. The summed E-state index contributed by atoms with van der Waals surface area (Å²) in [5, 5.41) is 7.51. The highest BCUT2D eigenvalue weighted by molar-refractivity contribution is 5.11. The van der Waals surface area contributed by atoms with Gasteiger partial charge in [-0.05, 0) is 19.9 Å². The molecule has 3 nitrogen and oxygen atoms in total. The van der Waals surface area contributed by atoms with Gasteiger partial charge in [0.2, 0.25) is 0 Å². The van der Waals surface area contributed by atoms with Crippen LogP contribution in [0.1, 0.15) is 13.8 Å². The molecule has 0 aliphatic carbocycles. The lowest BCUT2D eigenvalue weighted by molar-refractivity contribution is 0.644. The first kappa shape index (κ1) is 5.28. The molecule has 0 aromatic carbocycles. The molecule has 0 aromatic heterocycles. The summed E-state index contributed by atoms with van der Waals surface area (Å²) in [5.41, 5.74) is 5.15. The molecule has 3 heteroatoms. The topological polar surface area (TPSA) is 50.7 Å². The van der Waals surface area contributed by atoms with Crippen LogP contribution in [0.15, 0.2) is 22.1 Å². The number of azo groups is 1. The van der Waals surface area contributed by atoms with Crippen molar-refractivity contribution in [3.8, 4) is 0 Å². The molecule has 1 heterocycles. The Morgan fingerprint density at radius 3 is 2.38 bits per heavy atom. The minimum Gasteiger partial charge on any atom is -0.382 e. The number of nitrogens with zero attached hydrogens (tertiary/aromatic N) is 2. The molecule has 0 saturated heterocycles. The van der Waals surface area contributed by atoms with Crippen LogP contribution in [0, 0.1) is 0 Å². The van der Waals surface area contributed by atoms with E-state index in [1.165, 1.54) is 0 Å². The molecule has 1 aliphatic heterocycles. The molecular weight excluding hydrogens is 102 g/mol. The van der Waals surface area contributed by atoms with Crippen LogP contribution in [0.4, 0.5) is 0 Å². The standard InChI is InChI=1S/C5H9N3/c1-5(2)3-4(6)7-8-5/h3H,6H2,1-2H3. The van der Waals surface area contributed by atoms with Gasteiger partial charge in [-0.1, -0.05) is 0 Å². The summed E-state index contributed by atoms with van der Waals surface area (Å²) >= 11 is 0. The van der Waals surface area contributed by atoms with E-state index in [1.54, 1.807) is 0 Å². The van der Waals surface area contributed by atoms with E-state index in [1.807, 2.05) is 19.9 Å². The lowest BCUT2D eigenvalue weighted by Gasteiger charge is -2.04. The van der Waals surface area contributed by atoms with Gasteiger partial charge in [-0.2, -0.15) is 5.11 Å². The van der Waals surface area contributed by atoms with Crippen LogP contribution in [0.5, 0.6) is 0 Å². The van der Waals surface area contributed by atoms with Crippen molar-refractivity contribution in [2.24, 2.45) is 16.0 Å². The molecule has 1 rings (SSSR count). The fourth-order valence-electron chi connectivity index (χ4n) is 0.606. The maximum atomic E-state index is 5.31. The molecule has 0 bridgehead atoms. The van der Waals surface area contributed by atoms with Crippen molar-refractivity contribution in [1.29, 1.82) is 0 Å². The van der Waals surface area contributed by atoms with Crippen molar-refractivity contribution in [3.05, 3.63) is 11.9 Å². The summed E-state index contributed by atoms with van der Waals surface area (Å²) in [6.07, 6.45) is 1.83. The Labute approximate surface area is 48.3 Å². The number of hydrogen-bond acceptors (Lipinski definition) is 3. The summed E-state index contributed by atoms with van der Waals surface area (Å²) in [5.74, 6) is 0.523. The quantitative estimate of drug-likeness (QED) is 0.498. The molecule has 0 spiro atoms. The molecular formula is C5H9N3. The Hall–Kier alpha value is -0.860. The van der Waals surface area contributed by atoms with Crippen molar-refractivity contribution in [1.82, 2.24) is 0 Å². The van der Waals surface area contributed by atoms with Crippen LogP contribution in [-0.4, -0.2) is 5.54 Å². The van der Waals surface area contributed by atoms with Gasteiger partial charge in [0.1, 0.15) is 5.82 Å². The monoisotopic (exact) mass is 111 g/mol. The van der Waals surface area contributed by atoms with Crippen LogP contribution < -0.4 is 5.73 Å². The third-order valence-electron chi connectivity index (χ3n) is 0.924. The van der Waals surface area contributed by atoms with Crippen LogP contribution >= 0.6 is 0 Å². The van der Waals surface area contributed by atoms with E-state index in [0.29, 0.717) is 5.82 Å². The summed E-state index contributed by atoms with van der Waals surface area (Å²) in [7, 11) is 0. The van der Waals surface area contributed by atoms with E-state index in [9.17, 15) is 0 Å². The third-order valence-corrected chi connectivity index (χ3v) is 0.924. The van der Waals surface area contributed by atoms with Crippen molar-refractivity contribution >= 4 is 0 Å². The van der Waals surface area contributed by atoms with Crippen LogP contribution in [0.2, 0.25) is 0 Å². The van der Waals surface area contributed by atoms with Gasteiger partial charge in [0.15, 0.2) is 0 Å². The minimum absolute atomic E-state index is 0.163. The Balaban J connectivity index is 2.84. The zero-order valence-electron chi connectivity index (χ0n) is 5.05. The van der Waals surface area contributed by atoms with Crippen molar-refractivity contribution in [2.75, 3.05) is 0 Å². The Morgan fingerprint density at radius 1 is 1.62 bits per heavy atom. The maximum Gasteiger partial charge on any atom is 0.144 e. The average molecular weight is 111 g/mol. The lowest BCUT2D eigenvalue weighted by Crippen LogP contribution is -2.08. The second kappa shape index (κ2) is 1.31. The first-order valence-electron chi connectivity index (χ1n) is 2.51. The van der Waals surface area contributed by atoms with E-state index in [4.69, 9.17) is 5.73 Å². The van der Waals surface area contributed by atoms with E-state index in [0.717, 1.165) is 0 Å². The highest BCUT2D eigenvalue weighted by Crippen LogP contribution is 2.19. The molecule has 0 aromatic rings. The summed E-state index contributed by atoms with van der Waals surface area (Å²) < 4.78 is 0. The van der Waals surface area contributed by atoms with Gasteiger partial charge in [0.25, 0.3) is 0 Å². The second-order valence-corrected chi connectivity index (χ2v) is 2.42. The molecule has 44 valence electrons. The van der Waals surface area contributed by atoms with Crippen molar-refractivity contribution in [2.45, 2.75) is 19.4 Å². The third kappa shape index (κ3) is 0.857. The van der Waals surface area contributed by atoms with E-state index >= 15 is 0 Å². The van der Waals surface area contributed by atoms with Crippen LogP contribution in [0.3, 0.4) is 0 Å². The normalized spacial score (nSPS) is 23.5. The lowest BCUT2D eigenvalue weighted by atomic mass is 10.1. The highest BCUT2D eigenvalue weighted by atomic mass is 15.2. The molecule has 8 heavy (non-hydrogen) atoms. The van der Waals surface area contributed by atoms with Crippen molar-refractivity contribution in [3.63, 3.8) is 0 Å². The van der Waals surface area contributed by atoms with Gasteiger partial charge in [-0.3, -0.25) is 0 Å². The average Bonchev–Trinajstić information content (AvgIpc) is 1.82. The Kier molecular flexibility index (Phi) is 0.863. The SMILES string of the molecule is CC1(C)C=C(N)N=N1. The smallest absolute Gasteiger partial charge is 0.144 e. The minimum atomic E-state index is -0.163. The first-order chi connectivity index (χ1) is 3.60. The highest BCUT2D eigenvalue weighted by Gasteiger charge is 2.17. The molecule has 1 aliphatic rings. The van der Waals surface area contributed by atoms with Gasteiger partial charge in [0, 0.05) is 0 Å². The van der Waals surface area contributed by atoms with E-state index in [2.05, 4.69) is 10.2 Å². The van der Waals surface area contributed by atoms with Crippen LogP contribution in [-0.2, 0) is 0 Å². The molecule has 0 amide bonds. The zero-order valence-corrected chi connectivity index (χ0v) is 5.05. The second-order valence-electron chi connectivity index (χ2n) is 2.42. The van der Waals surface area contributed by atoms with Crippen molar-refractivity contribution < 1.29 is 0 Å². The largest absolute Gasteiger partial charge is 0.382 e. The van der Waals surface area contributed by atoms with Gasteiger partial charge in [-0.25, -0.2) is 0 Å². The molecule has 0 fully saturated rings. The molecule has 2 N–H and O–H groups in total. The zero-order chi connectivity index (χ0) is 6.20. The van der Waals surface area contributed by atoms with Gasteiger partial charge in [0.05, 0.1) is 5.54 Å². The van der Waals surface area contributed by atoms with Gasteiger partial charge < -0.3 is 5.73 Å². The van der Waals surface area contributed by atoms with E-state index in [-0.39, 0.29) is 5.54 Å². The predicted molar refractivity (Wildman–Crippen MR) is 31.2 cm³/mol. The predicted octanol–water partition coefficient (Wildman–Crippen LogP) is 1.03. The number of hydrogen-bond donors (Lipinski definition) is 1. The molecule has 0 unspecified atom stereocenters. The first-order valence-corrected chi connectivity index (χ1v) is 2.51. The summed E-state index contributed by atoms with van der Waals surface area (Å²) in [4.78, 5) is 0. The Bertz CT molecular complexity index is 155. The fraction of sp³-hybridized carbons (Fsp3) is 0.600.